The van der Waals surface area contributed by atoms with E-state index in [9.17, 15) is 9.59 Å². The first-order valence-electron chi connectivity index (χ1n) is 8.64. The molecule has 1 aliphatic rings. The normalized spacial score (nSPS) is 17.1. The lowest BCUT2D eigenvalue weighted by molar-refractivity contribution is 0.0733. The number of rotatable bonds is 3. The van der Waals surface area contributed by atoms with E-state index in [1.807, 2.05) is 32.0 Å². The SMILES string of the molecule is Cc1c(C(=O)N(C)[C@@H](C)c2ccccn2)[nH]c2c1C(=O)CC(C)(C)C2. The van der Waals surface area contributed by atoms with E-state index in [2.05, 4.69) is 23.8 Å². The number of Topliss-reactive ketones (excluding diaryl/α,β-unsaturated/α-hetero) is 1. The number of aromatic amines is 1. The standard InChI is InChI=1S/C20H25N3O2/c1-12-17-15(10-20(3,4)11-16(17)24)22-18(12)19(25)23(5)13(2)14-8-6-7-9-21-14/h6-9,13,22H,10-11H2,1-5H3/t13-/m0/s1. The Balaban J connectivity index is 1.92. The van der Waals surface area contributed by atoms with Crippen LogP contribution in [-0.4, -0.2) is 33.6 Å². The lowest BCUT2D eigenvalue weighted by atomic mass is 9.75. The van der Waals surface area contributed by atoms with Crippen molar-refractivity contribution in [2.24, 2.45) is 5.41 Å². The number of ketones is 1. The monoisotopic (exact) mass is 339 g/mol. The van der Waals surface area contributed by atoms with E-state index in [4.69, 9.17) is 0 Å². The number of pyridine rings is 1. The fourth-order valence-corrected chi connectivity index (χ4v) is 3.62. The molecule has 1 atom stereocenters. The topological polar surface area (TPSA) is 66.1 Å². The minimum absolute atomic E-state index is 0.0746. The highest BCUT2D eigenvalue weighted by Crippen LogP contribution is 2.37. The van der Waals surface area contributed by atoms with Gasteiger partial charge >= 0.3 is 0 Å². The minimum Gasteiger partial charge on any atom is -0.354 e. The van der Waals surface area contributed by atoms with E-state index in [1.165, 1.54) is 0 Å². The summed E-state index contributed by atoms with van der Waals surface area (Å²) in [6.07, 6.45) is 3.03. The van der Waals surface area contributed by atoms with Gasteiger partial charge in [0, 0.05) is 30.9 Å². The number of nitrogens with zero attached hydrogens (tertiary/aromatic N) is 2. The van der Waals surface area contributed by atoms with E-state index >= 15 is 0 Å². The fourth-order valence-electron chi connectivity index (χ4n) is 3.62. The van der Waals surface area contributed by atoms with Crippen LogP contribution in [0.25, 0.3) is 0 Å². The van der Waals surface area contributed by atoms with Gasteiger partial charge in [-0.25, -0.2) is 0 Å². The van der Waals surface area contributed by atoms with Gasteiger partial charge in [-0.3, -0.25) is 14.6 Å². The Bertz CT molecular complexity index is 821. The largest absolute Gasteiger partial charge is 0.354 e. The molecule has 1 amide bonds. The van der Waals surface area contributed by atoms with Crippen LogP contribution in [0.1, 0.15) is 71.0 Å². The van der Waals surface area contributed by atoms with Crippen LogP contribution < -0.4 is 0 Å². The predicted octanol–water partition coefficient (Wildman–Crippen LogP) is 3.71. The molecule has 25 heavy (non-hydrogen) atoms. The number of nitrogens with one attached hydrogen (secondary N) is 1. The highest BCUT2D eigenvalue weighted by atomic mass is 16.2. The van der Waals surface area contributed by atoms with Crippen molar-refractivity contribution in [2.75, 3.05) is 7.05 Å². The summed E-state index contributed by atoms with van der Waals surface area (Å²) in [5, 5.41) is 0. The summed E-state index contributed by atoms with van der Waals surface area (Å²) < 4.78 is 0. The number of carbonyl (C=O) groups is 2. The van der Waals surface area contributed by atoms with Gasteiger partial charge in [0.2, 0.25) is 0 Å². The summed E-state index contributed by atoms with van der Waals surface area (Å²) in [4.78, 5) is 34.8. The quantitative estimate of drug-likeness (QED) is 0.927. The minimum atomic E-state index is -0.152. The van der Waals surface area contributed by atoms with Crippen molar-refractivity contribution in [1.82, 2.24) is 14.9 Å². The zero-order valence-corrected chi connectivity index (χ0v) is 15.5. The van der Waals surface area contributed by atoms with Crippen LogP contribution in [0.3, 0.4) is 0 Å². The number of amides is 1. The maximum atomic E-state index is 13.0. The fraction of sp³-hybridized carbons (Fsp3) is 0.450. The van der Waals surface area contributed by atoms with Crippen molar-refractivity contribution in [3.63, 3.8) is 0 Å². The molecule has 132 valence electrons. The van der Waals surface area contributed by atoms with Crippen LogP contribution in [0.5, 0.6) is 0 Å². The molecule has 0 fully saturated rings. The van der Waals surface area contributed by atoms with Gasteiger partial charge in [-0.2, -0.15) is 0 Å². The van der Waals surface area contributed by atoms with Crippen LogP contribution in [0, 0.1) is 12.3 Å². The van der Waals surface area contributed by atoms with Gasteiger partial charge < -0.3 is 9.88 Å². The average Bonchev–Trinajstić information content (AvgIpc) is 2.88. The molecule has 5 nitrogen and oxygen atoms in total. The van der Waals surface area contributed by atoms with Crippen molar-refractivity contribution in [3.05, 3.63) is 52.6 Å². The molecule has 5 heteroatoms. The van der Waals surface area contributed by atoms with Crippen LogP contribution in [0.15, 0.2) is 24.4 Å². The first kappa shape index (κ1) is 17.4. The first-order chi connectivity index (χ1) is 11.7. The lowest BCUT2D eigenvalue weighted by Gasteiger charge is -2.28. The van der Waals surface area contributed by atoms with E-state index in [-0.39, 0.29) is 23.1 Å². The van der Waals surface area contributed by atoms with Crippen molar-refractivity contribution in [1.29, 1.82) is 0 Å². The van der Waals surface area contributed by atoms with Gasteiger partial charge in [-0.15, -0.1) is 0 Å². The number of fused-ring (bicyclic) bond motifs is 1. The molecule has 0 aliphatic heterocycles. The van der Waals surface area contributed by atoms with E-state index in [0.29, 0.717) is 17.7 Å². The molecular formula is C20H25N3O2. The number of aromatic nitrogens is 2. The zero-order chi connectivity index (χ0) is 18.4. The Morgan fingerprint density at radius 1 is 1.32 bits per heavy atom. The van der Waals surface area contributed by atoms with Crippen molar-refractivity contribution in [2.45, 2.75) is 46.6 Å². The number of H-pyrrole nitrogens is 1. The highest BCUT2D eigenvalue weighted by molar-refractivity contribution is 6.04. The van der Waals surface area contributed by atoms with Gasteiger partial charge in [-0.05, 0) is 43.4 Å². The van der Waals surface area contributed by atoms with Gasteiger partial charge in [0.25, 0.3) is 5.91 Å². The third kappa shape index (κ3) is 3.11. The summed E-state index contributed by atoms with van der Waals surface area (Å²) in [5.74, 6) is 0.00939. The second-order valence-electron chi connectivity index (χ2n) is 7.77. The maximum absolute atomic E-state index is 13.0. The lowest BCUT2D eigenvalue weighted by Crippen LogP contribution is -2.30. The summed E-state index contributed by atoms with van der Waals surface area (Å²) >= 11 is 0. The van der Waals surface area contributed by atoms with Crippen molar-refractivity contribution in [3.8, 4) is 0 Å². The third-order valence-electron chi connectivity index (χ3n) is 5.13. The average molecular weight is 339 g/mol. The van der Waals surface area contributed by atoms with Crippen LogP contribution in [-0.2, 0) is 6.42 Å². The molecule has 0 bridgehead atoms. The molecule has 1 aliphatic carbocycles. The van der Waals surface area contributed by atoms with E-state index < -0.39 is 0 Å². The molecule has 0 saturated heterocycles. The van der Waals surface area contributed by atoms with E-state index in [1.54, 1.807) is 18.1 Å². The van der Waals surface area contributed by atoms with Gasteiger partial charge in [0.1, 0.15) is 5.69 Å². The van der Waals surface area contributed by atoms with E-state index in [0.717, 1.165) is 23.4 Å². The Morgan fingerprint density at radius 3 is 2.68 bits per heavy atom. The second kappa shape index (κ2) is 6.14. The first-order valence-corrected chi connectivity index (χ1v) is 8.64. The third-order valence-corrected chi connectivity index (χ3v) is 5.13. The number of hydrogen-bond acceptors (Lipinski definition) is 3. The summed E-state index contributed by atoms with van der Waals surface area (Å²) in [6, 6.07) is 5.53. The maximum Gasteiger partial charge on any atom is 0.270 e. The molecule has 2 heterocycles. The second-order valence-corrected chi connectivity index (χ2v) is 7.77. The Hall–Kier alpha value is -2.43. The molecular weight excluding hydrogens is 314 g/mol. The smallest absolute Gasteiger partial charge is 0.270 e. The van der Waals surface area contributed by atoms with Crippen LogP contribution in [0.4, 0.5) is 0 Å². The molecule has 0 saturated carbocycles. The molecule has 0 unspecified atom stereocenters. The molecule has 0 spiro atoms. The van der Waals surface area contributed by atoms with Gasteiger partial charge in [0.05, 0.1) is 11.7 Å². The summed E-state index contributed by atoms with van der Waals surface area (Å²) in [6.45, 7) is 7.98. The van der Waals surface area contributed by atoms with Crippen LogP contribution >= 0.6 is 0 Å². The van der Waals surface area contributed by atoms with Crippen molar-refractivity contribution >= 4 is 11.7 Å². The van der Waals surface area contributed by atoms with Gasteiger partial charge in [0.15, 0.2) is 5.78 Å². The highest BCUT2D eigenvalue weighted by Gasteiger charge is 2.36. The number of hydrogen-bond donors (Lipinski definition) is 1. The molecule has 2 aromatic heterocycles. The Morgan fingerprint density at radius 2 is 2.04 bits per heavy atom. The number of carbonyl (C=O) groups excluding carboxylic acids is 2. The molecule has 0 radical (unpaired) electrons. The molecule has 1 N–H and O–H groups in total. The molecule has 0 aromatic carbocycles. The molecule has 3 rings (SSSR count). The van der Waals surface area contributed by atoms with Crippen LogP contribution in [0.2, 0.25) is 0 Å². The summed E-state index contributed by atoms with van der Waals surface area (Å²) in [7, 11) is 1.77. The Labute approximate surface area is 148 Å². The zero-order valence-electron chi connectivity index (χ0n) is 15.5. The van der Waals surface area contributed by atoms with Gasteiger partial charge in [-0.1, -0.05) is 19.9 Å². The Kier molecular flexibility index (Phi) is 4.27. The van der Waals surface area contributed by atoms with Crippen molar-refractivity contribution < 1.29 is 9.59 Å². The molecule has 2 aromatic rings. The predicted molar refractivity (Wildman–Crippen MR) is 96.7 cm³/mol. The summed E-state index contributed by atoms with van der Waals surface area (Å²) in [5.41, 5.74) is 3.64.